The summed E-state index contributed by atoms with van der Waals surface area (Å²) in [5.74, 6) is 0.281. The van der Waals surface area contributed by atoms with E-state index >= 15 is 0 Å². The van der Waals surface area contributed by atoms with Crippen LogP contribution in [0.15, 0.2) is 42.6 Å². The number of benzene rings is 1. The van der Waals surface area contributed by atoms with Crippen molar-refractivity contribution in [2.75, 3.05) is 13.1 Å². The molecule has 1 aromatic carbocycles. The number of fused-ring (bicyclic) bond motifs is 1. The van der Waals surface area contributed by atoms with Gasteiger partial charge >= 0.3 is 0 Å². The van der Waals surface area contributed by atoms with Crippen molar-refractivity contribution in [3.05, 3.63) is 48.2 Å². The van der Waals surface area contributed by atoms with Crippen molar-refractivity contribution in [2.45, 2.75) is 32.5 Å². The second kappa shape index (κ2) is 6.28. The first-order valence-corrected chi connectivity index (χ1v) is 7.93. The van der Waals surface area contributed by atoms with Crippen LogP contribution >= 0.6 is 0 Å². The van der Waals surface area contributed by atoms with Crippen LogP contribution in [-0.4, -0.2) is 33.7 Å². The maximum atomic E-state index is 10.5. The van der Waals surface area contributed by atoms with Crippen LogP contribution in [0.4, 0.5) is 0 Å². The van der Waals surface area contributed by atoms with E-state index in [1.54, 1.807) is 6.20 Å². The molecular formula is C18H24N4O. The zero-order chi connectivity index (χ0) is 16.4. The summed E-state index contributed by atoms with van der Waals surface area (Å²) in [5, 5.41) is 11.5. The first-order valence-electron chi connectivity index (χ1n) is 7.93. The molecule has 122 valence electrons. The molecule has 1 aromatic heterocycles. The third-order valence-corrected chi connectivity index (χ3v) is 4.20. The Morgan fingerprint density at radius 1 is 1.35 bits per heavy atom. The predicted molar refractivity (Wildman–Crippen MR) is 92.8 cm³/mol. The highest BCUT2D eigenvalue weighted by Gasteiger charge is 2.35. The average molecular weight is 312 g/mol. The number of nitrogens with zero attached hydrogens (tertiary/aromatic N) is 2. The molecule has 0 bridgehead atoms. The molecule has 1 saturated heterocycles. The van der Waals surface area contributed by atoms with Gasteiger partial charge in [0.2, 0.25) is 0 Å². The molecule has 2 heterocycles. The number of phenols is 1. The highest BCUT2D eigenvalue weighted by molar-refractivity contribution is 5.85. The minimum Gasteiger partial charge on any atom is -0.505 e. The molecule has 0 amide bonds. The van der Waals surface area contributed by atoms with Crippen molar-refractivity contribution in [3.8, 4) is 5.75 Å². The van der Waals surface area contributed by atoms with E-state index in [0.717, 1.165) is 36.0 Å². The van der Waals surface area contributed by atoms with Gasteiger partial charge in [0.1, 0.15) is 11.3 Å². The van der Waals surface area contributed by atoms with Crippen LogP contribution in [0.5, 0.6) is 5.75 Å². The molecule has 0 saturated carbocycles. The Kier molecular flexibility index (Phi) is 4.35. The maximum absolute atomic E-state index is 10.5. The normalized spacial score (nSPS) is 16.0. The van der Waals surface area contributed by atoms with Gasteiger partial charge in [-0.05, 0) is 26.3 Å². The van der Waals surface area contributed by atoms with Crippen LogP contribution in [0.25, 0.3) is 10.9 Å². The minimum absolute atomic E-state index is 0.0420. The SMILES string of the molecule is C=C(C)CN(CCC1(C)NN1)Cc1ccc2cccnc2c1O. The number of phenolic OH excluding ortho intramolecular Hbond substituents is 1. The number of hydrogen-bond donors (Lipinski definition) is 3. The van der Waals surface area contributed by atoms with Crippen LogP contribution in [0, 0.1) is 0 Å². The Bertz CT molecular complexity index is 724. The fraction of sp³-hybridized carbons (Fsp3) is 0.389. The van der Waals surface area contributed by atoms with Gasteiger partial charge in [0, 0.05) is 36.8 Å². The molecule has 1 aliphatic rings. The molecule has 0 unspecified atom stereocenters. The van der Waals surface area contributed by atoms with Gasteiger partial charge in [0.05, 0.1) is 5.66 Å². The molecule has 2 aromatic rings. The lowest BCUT2D eigenvalue weighted by molar-refractivity contribution is 0.268. The standard InChI is InChI=1S/C18H24N4O/c1-13(2)11-22(10-8-18(3)20-21-18)12-15-7-6-14-5-4-9-19-16(14)17(15)23/h4-7,9,20-21,23H,1,8,10-12H2,2-3H3. The number of hydrogen-bond acceptors (Lipinski definition) is 5. The minimum atomic E-state index is 0.0420. The Balaban J connectivity index is 1.78. The van der Waals surface area contributed by atoms with Gasteiger partial charge in [-0.2, -0.15) is 0 Å². The van der Waals surface area contributed by atoms with Gasteiger partial charge in [-0.15, -0.1) is 0 Å². The van der Waals surface area contributed by atoms with Gasteiger partial charge in [-0.25, -0.2) is 10.9 Å². The van der Waals surface area contributed by atoms with Gasteiger partial charge in [0.15, 0.2) is 0 Å². The fourth-order valence-corrected chi connectivity index (χ4v) is 2.75. The molecule has 0 aliphatic carbocycles. The molecule has 5 nitrogen and oxygen atoms in total. The van der Waals surface area contributed by atoms with Gasteiger partial charge < -0.3 is 5.11 Å². The maximum Gasteiger partial charge on any atom is 0.146 e. The van der Waals surface area contributed by atoms with Crippen LogP contribution in [0.1, 0.15) is 25.8 Å². The highest BCUT2D eigenvalue weighted by atomic mass is 16.3. The summed E-state index contributed by atoms with van der Waals surface area (Å²) >= 11 is 0. The Morgan fingerprint density at radius 3 is 2.83 bits per heavy atom. The molecule has 3 rings (SSSR count). The largest absolute Gasteiger partial charge is 0.505 e. The van der Waals surface area contributed by atoms with Crippen LogP contribution in [0.3, 0.4) is 0 Å². The van der Waals surface area contributed by atoms with Gasteiger partial charge in [0.25, 0.3) is 0 Å². The zero-order valence-electron chi connectivity index (χ0n) is 13.8. The van der Waals surface area contributed by atoms with Crippen molar-refractivity contribution >= 4 is 10.9 Å². The van der Waals surface area contributed by atoms with Crippen molar-refractivity contribution in [2.24, 2.45) is 0 Å². The summed E-state index contributed by atoms with van der Waals surface area (Å²) in [7, 11) is 0. The molecule has 0 spiro atoms. The van der Waals surface area contributed by atoms with E-state index in [-0.39, 0.29) is 11.4 Å². The van der Waals surface area contributed by atoms with Gasteiger partial charge in [-0.3, -0.25) is 9.88 Å². The van der Waals surface area contributed by atoms with Crippen LogP contribution in [-0.2, 0) is 6.54 Å². The van der Waals surface area contributed by atoms with E-state index in [1.165, 1.54) is 0 Å². The highest BCUT2D eigenvalue weighted by Crippen LogP contribution is 2.28. The van der Waals surface area contributed by atoms with E-state index in [1.807, 2.05) is 31.2 Å². The Labute approximate surface area is 137 Å². The van der Waals surface area contributed by atoms with E-state index in [2.05, 4.69) is 34.2 Å². The number of hydrazine groups is 1. The van der Waals surface area contributed by atoms with Crippen molar-refractivity contribution in [1.82, 2.24) is 20.7 Å². The second-order valence-electron chi connectivity index (χ2n) is 6.65. The lowest BCUT2D eigenvalue weighted by Gasteiger charge is -2.24. The Hall–Kier alpha value is -1.95. The average Bonchev–Trinajstić information content (AvgIpc) is 3.25. The lowest BCUT2D eigenvalue weighted by Crippen LogP contribution is -2.30. The van der Waals surface area contributed by atoms with E-state index < -0.39 is 0 Å². The van der Waals surface area contributed by atoms with Crippen molar-refractivity contribution < 1.29 is 5.11 Å². The molecule has 1 aliphatic heterocycles. The number of rotatable bonds is 7. The number of aromatic nitrogens is 1. The fourth-order valence-electron chi connectivity index (χ4n) is 2.75. The van der Waals surface area contributed by atoms with E-state index in [4.69, 9.17) is 0 Å². The Morgan fingerprint density at radius 2 is 2.13 bits per heavy atom. The van der Waals surface area contributed by atoms with E-state index in [0.29, 0.717) is 12.1 Å². The third-order valence-electron chi connectivity index (χ3n) is 4.20. The molecular weight excluding hydrogens is 288 g/mol. The molecule has 3 N–H and O–H groups in total. The monoisotopic (exact) mass is 312 g/mol. The number of nitrogens with one attached hydrogen (secondary N) is 2. The van der Waals surface area contributed by atoms with E-state index in [9.17, 15) is 5.11 Å². The third kappa shape index (κ3) is 3.88. The molecule has 0 atom stereocenters. The second-order valence-corrected chi connectivity index (χ2v) is 6.65. The van der Waals surface area contributed by atoms with Crippen molar-refractivity contribution in [3.63, 3.8) is 0 Å². The number of aromatic hydroxyl groups is 1. The predicted octanol–water partition coefficient (Wildman–Crippen LogP) is 2.53. The molecule has 23 heavy (non-hydrogen) atoms. The first kappa shape index (κ1) is 15.9. The summed E-state index contributed by atoms with van der Waals surface area (Å²) in [5.41, 5.74) is 9.05. The van der Waals surface area contributed by atoms with Crippen molar-refractivity contribution in [1.29, 1.82) is 0 Å². The van der Waals surface area contributed by atoms with Gasteiger partial charge in [-0.1, -0.05) is 30.4 Å². The zero-order valence-corrected chi connectivity index (χ0v) is 13.8. The summed E-state index contributed by atoms with van der Waals surface area (Å²) in [6.45, 7) is 10.6. The quantitative estimate of drug-likeness (QED) is 0.541. The lowest BCUT2D eigenvalue weighted by atomic mass is 10.1. The van der Waals surface area contributed by atoms with Crippen LogP contribution in [0.2, 0.25) is 0 Å². The topological polar surface area (TPSA) is 80.2 Å². The summed E-state index contributed by atoms with van der Waals surface area (Å²) in [4.78, 5) is 6.60. The summed E-state index contributed by atoms with van der Waals surface area (Å²) < 4.78 is 0. The number of pyridine rings is 1. The first-order chi connectivity index (χ1) is 11.0. The molecule has 5 heteroatoms. The summed E-state index contributed by atoms with van der Waals surface area (Å²) in [6, 6.07) is 7.84. The smallest absolute Gasteiger partial charge is 0.146 e. The molecule has 0 radical (unpaired) electrons. The summed E-state index contributed by atoms with van der Waals surface area (Å²) in [6.07, 6.45) is 2.70. The van der Waals surface area contributed by atoms with Crippen LogP contribution < -0.4 is 10.9 Å². The molecule has 1 fully saturated rings.